The van der Waals surface area contributed by atoms with Crippen LogP contribution in [0.2, 0.25) is 0 Å². The lowest BCUT2D eigenvalue weighted by Gasteiger charge is -2.33. The van der Waals surface area contributed by atoms with E-state index in [-0.39, 0.29) is 38.3 Å². The molecule has 0 saturated carbocycles. The summed E-state index contributed by atoms with van der Waals surface area (Å²) < 4.78 is 0. The maximum Gasteiger partial charge on any atom is 0.246 e. The van der Waals surface area contributed by atoms with Gasteiger partial charge in [0.1, 0.15) is 18.1 Å². The van der Waals surface area contributed by atoms with Crippen LogP contribution in [0.4, 0.5) is 0 Å². The molecule has 0 aromatic heterocycles. The van der Waals surface area contributed by atoms with Gasteiger partial charge in [-0.3, -0.25) is 24.0 Å². The Morgan fingerprint density at radius 3 is 2.38 bits per heavy atom. The lowest BCUT2D eigenvalue weighted by molar-refractivity contribution is -0.145. The molecule has 0 radical (unpaired) electrons. The Morgan fingerprint density at radius 1 is 1.14 bits per heavy atom. The monoisotopic (exact) mass is 531 g/mol. The first-order chi connectivity index (χ1) is 17.4. The molecule has 6 unspecified atom stereocenters. The predicted octanol–water partition coefficient (Wildman–Crippen LogP) is -5.00. The second-order valence-electron chi connectivity index (χ2n) is 9.13. The number of aliphatic hydroxyl groups excluding tert-OH is 3. The van der Waals surface area contributed by atoms with Gasteiger partial charge in [0, 0.05) is 32.6 Å². The summed E-state index contributed by atoms with van der Waals surface area (Å²) in [6.45, 7) is 0.447. The lowest BCUT2D eigenvalue weighted by Crippen LogP contribution is -2.61. The number of hydrogen-bond acceptors (Lipinski definition) is 10. The average Bonchev–Trinajstić information content (AvgIpc) is 2.84. The maximum absolute atomic E-state index is 13.3. The van der Waals surface area contributed by atoms with Gasteiger partial charge in [-0.1, -0.05) is 0 Å². The zero-order valence-corrected chi connectivity index (χ0v) is 21.3. The molecule has 0 aromatic rings. The van der Waals surface area contributed by atoms with Crippen molar-refractivity contribution in [1.82, 2.24) is 26.2 Å². The van der Waals surface area contributed by atoms with Crippen molar-refractivity contribution < 1.29 is 39.3 Å². The van der Waals surface area contributed by atoms with E-state index in [1.807, 2.05) is 0 Å². The summed E-state index contributed by atoms with van der Waals surface area (Å²) in [5, 5.41) is 39.5. The second kappa shape index (κ2) is 16.1. The van der Waals surface area contributed by atoms with E-state index in [2.05, 4.69) is 21.3 Å². The van der Waals surface area contributed by atoms with Crippen LogP contribution in [0.1, 0.15) is 39.0 Å². The predicted molar refractivity (Wildman–Crippen MR) is 131 cm³/mol. The highest BCUT2D eigenvalue weighted by atomic mass is 16.3. The van der Waals surface area contributed by atoms with Gasteiger partial charge in [-0.05, 0) is 32.6 Å². The first kappa shape index (κ1) is 32.2. The summed E-state index contributed by atoms with van der Waals surface area (Å²) in [5.41, 5.74) is 11.1. The number of nitrogens with one attached hydrogen (secondary N) is 4. The van der Waals surface area contributed by atoms with Crippen molar-refractivity contribution in [2.75, 3.05) is 33.4 Å². The van der Waals surface area contributed by atoms with Gasteiger partial charge in [0.2, 0.25) is 29.5 Å². The van der Waals surface area contributed by atoms with Gasteiger partial charge < -0.3 is 53.0 Å². The van der Waals surface area contributed by atoms with Crippen molar-refractivity contribution in [2.45, 2.75) is 75.3 Å². The van der Waals surface area contributed by atoms with Gasteiger partial charge in [0.15, 0.2) is 0 Å². The van der Waals surface area contributed by atoms with Crippen LogP contribution in [-0.2, 0) is 24.0 Å². The van der Waals surface area contributed by atoms with E-state index in [1.165, 1.54) is 14.0 Å². The molecule has 11 N–H and O–H groups in total. The molecule has 1 fully saturated rings. The van der Waals surface area contributed by atoms with Crippen LogP contribution < -0.4 is 32.7 Å². The average molecular weight is 532 g/mol. The Bertz CT molecular complexity index is 797. The molecule has 0 aromatic carbocycles. The SMILES string of the molecule is CC(O)C1C(=O)NC(CO)C(=O)NC(C(N)=O)CCCCNC(=O)CCC(NCC(N)CO)C(=O)N1C. The molecule has 0 aliphatic carbocycles. The number of rotatable bonds is 7. The van der Waals surface area contributed by atoms with E-state index < -0.39 is 66.5 Å². The first-order valence-electron chi connectivity index (χ1n) is 12.2. The highest BCUT2D eigenvalue weighted by Gasteiger charge is 2.36. The highest BCUT2D eigenvalue weighted by molar-refractivity contribution is 5.95. The standard InChI is InChI=1S/C22H41N7O8/c1-12(32)18-21(36)28-16(11-31)20(35)27-14(19(24)34)5-3-4-8-25-17(33)7-6-15(22(37)29(18)2)26-9-13(23)10-30/h12-16,18,26,30-32H,3-11,23H2,1-2H3,(H2,24,34)(H,25,33)(H,27,35)(H,28,36). The third-order valence-corrected chi connectivity index (χ3v) is 6.03. The number of aliphatic hydroxyl groups is 3. The largest absolute Gasteiger partial charge is 0.395 e. The van der Waals surface area contributed by atoms with Crippen molar-refractivity contribution in [3.05, 3.63) is 0 Å². The molecular weight excluding hydrogens is 490 g/mol. The summed E-state index contributed by atoms with van der Waals surface area (Å²) in [7, 11) is 1.27. The molecule has 15 nitrogen and oxygen atoms in total. The fourth-order valence-corrected chi connectivity index (χ4v) is 3.85. The number of amides is 5. The summed E-state index contributed by atoms with van der Waals surface area (Å²) in [4.78, 5) is 64.1. The molecule has 1 aliphatic rings. The molecule has 212 valence electrons. The Labute approximate surface area is 215 Å². The Balaban J connectivity index is 3.25. The number of carbonyl (C=O) groups excluding carboxylic acids is 5. The molecule has 1 saturated heterocycles. The molecule has 5 amide bonds. The van der Waals surface area contributed by atoms with Crippen LogP contribution >= 0.6 is 0 Å². The van der Waals surface area contributed by atoms with Gasteiger partial charge in [-0.25, -0.2) is 0 Å². The minimum atomic E-state index is -1.48. The molecule has 0 bridgehead atoms. The summed E-state index contributed by atoms with van der Waals surface area (Å²) in [5.74, 6) is -3.57. The van der Waals surface area contributed by atoms with Crippen LogP contribution in [0, 0.1) is 0 Å². The first-order valence-corrected chi connectivity index (χ1v) is 12.2. The normalized spacial score (nSPS) is 27.2. The van der Waals surface area contributed by atoms with Crippen molar-refractivity contribution in [3.63, 3.8) is 0 Å². The summed E-state index contributed by atoms with van der Waals surface area (Å²) in [6.07, 6.45) is -0.301. The van der Waals surface area contributed by atoms with E-state index in [0.717, 1.165) is 4.90 Å². The van der Waals surface area contributed by atoms with Crippen molar-refractivity contribution >= 4 is 29.5 Å². The third kappa shape index (κ3) is 10.6. The Kier molecular flexibility index (Phi) is 14.0. The Morgan fingerprint density at radius 2 is 1.81 bits per heavy atom. The van der Waals surface area contributed by atoms with Gasteiger partial charge in [0.25, 0.3) is 0 Å². The Hall–Kier alpha value is -2.85. The number of likely N-dealkylation sites (N-methyl/N-ethyl adjacent to an activating group) is 1. The second-order valence-corrected chi connectivity index (χ2v) is 9.13. The van der Waals surface area contributed by atoms with Crippen molar-refractivity contribution in [1.29, 1.82) is 0 Å². The zero-order chi connectivity index (χ0) is 28.1. The molecule has 1 heterocycles. The minimum Gasteiger partial charge on any atom is -0.395 e. The molecular formula is C22H41N7O8. The van der Waals surface area contributed by atoms with E-state index in [4.69, 9.17) is 11.5 Å². The number of primary amides is 1. The number of nitrogens with two attached hydrogens (primary N) is 2. The molecule has 15 heteroatoms. The van der Waals surface area contributed by atoms with Crippen LogP contribution in [0.15, 0.2) is 0 Å². The molecule has 0 spiro atoms. The number of hydrogen-bond donors (Lipinski definition) is 9. The quantitative estimate of drug-likeness (QED) is 0.151. The zero-order valence-electron chi connectivity index (χ0n) is 21.3. The van der Waals surface area contributed by atoms with Crippen LogP contribution in [0.3, 0.4) is 0 Å². The van der Waals surface area contributed by atoms with Crippen LogP contribution in [0.25, 0.3) is 0 Å². The summed E-state index contributed by atoms with van der Waals surface area (Å²) in [6, 6.07) is -5.67. The number of nitrogens with zero attached hydrogens (tertiary/aromatic N) is 1. The fraction of sp³-hybridized carbons (Fsp3) is 0.773. The lowest BCUT2D eigenvalue weighted by atomic mass is 10.0. The van der Waals surface area contributed by atoms with Crippen LogP contribution in [0.5, 0.6) is 0 Å². The van der Waals surface area contributed by atoms with E-state index in [1.54, 1.807) is 0 Å². The molecule has 1 rings (SSSR count). The molecule has 37 heavy (non-hydrogen) atoms. The van der Waals surface area contributed by atoms with E-state index >= 15 is 0 Å². The summed E-state index contributed by atoms with van der Waals surface area (Å²) >= 11 is 0. The maximum atomic E-state index is 13.3. The minimum absolute atomic E-state index is 0.0344. The van der Waals surface area contributed by atoms with Gasteiger partial charge >= 0.3 is 0 Å². The molecule has 1 aliphatic heterocycles. The van der Waals surface area contributed by atoms with Gasteiger partial charge in [0.05, 0.1) is 25.4 Å². The third-order valence-electron chi connectivity index (χ3n) is 6.03. The fourth-order valence-electron chi connectivity index (χ4n) is 3.85. The van der Waals surface area contributed by atoms with Crippen LogP contribution in [-0.4, -0.2) is 119 Å². The van der Waals surface area contributed by atoms with E-state index in [9.17, 15) is 39.3 Å². The van der Waals surface area contributed by atoms with Gasteiger partial charge in [-0.15, -0.1) is 0 Å². The van der Waals surface area contributed by atoms with Gasteiger partial charge in [-0.2, -0.15) is 0 Å². The highest BCUT2D eigenvalue weighted by Crippen LogP contribution is 2.11. The molecule has 6 atom stereocenters. The smallest absolute Gasteiger partial charge is 0.246 e. The van der Waals surface area contributed by atoms with Crippen molar-refractivity contribution in [3.8, 4) is 0 Å². The van der Waals surface area contributed by atoms with Crippen molar-refractivity contribution in [2.24, 2.45) is 11.5 Å². The topological polar surface area (TPSA) is 249 Å². The van der Waals surface area contributed by atoms with E-state index in [0.29, 0.717) is 19.4 Å². The number of carbonyl (C=O) groups is 5.